The van der Waals surface area contributed by atoms with Gasteiger partial charge in [-0.15, -0.1) is 11.8 Å². The molecule has 0 bridgehead atoms. The number of hydrogen-bond acceptors (Lipinski definition) is 7. The summed E-state index contributed by atoms with van der Waals surface area (Å²) in [6, 6.07) is 15.1. The fourth-order valence-electron chi connectivity index (χ4n) is 2.36. The van der Waals surface area contributed by atoms with Crippen molar-refractivity contribution in [2.45, 2.75) is 4.90 Å². The van der Waals surface area contributed by atoms with Crippen molar-refractivity contribution in [3.8, 4) is 5.75 Å². The van der Waals surface area contributed by atoms with Gasteiger partial charge in [0.2, 0.25) is 0 Å². The van der Waals surface area contributed by atoms with Gasteiger partial charge in [-0.25, -0.2) is 9.59 Å². The molecule has 0 radical (unpaired) electrons. The van der Waals surface area contributed by atoms with Crippen LogP contribution >= 0.6 is 11.8 Å². The van der Waals surface area contributed by atoms with Gasteiger partial charge in [0, 0.05) is 28.1 Å². The van der Waals surface area contributed by atoms with Crippen molar-refractivity contribution in [3.63, 3.8) is 0 Å². The SMILES string of the molecule is CSc1cccc(NC(=O)COC(=O)COc2ccc3ccc(=O)oc3c2)c1. The number of nitrogens with one attached hydrogen (secondary N) is 1. The summed E-state index contributed by atoms with van der Waals surface area (Å²) in [5.41, 5.74) is 0.505. The van der Waals surface area contributed by atoms with Crippen molar-refractivity contribution < 1.29 is 23.5 Å². The molecule has 1 aromatic heterocycles. The normalized spacial score (nSPS) is 10.5. The molecule has 0 aliphatic heterocycles. The molecular formula is C20H17NO6S. The van der Waals surface area contributed by atoms with E-state index in [1.165, 1.54) is 12.1 Å². The van der Waals surface area contributed by atoms with Gasteiger partial charge in [-0.1, -0.05) is 6.07 Å². The molecule has 0 saturated carbocycles. The first-order chi connectivity index (χ1) is 13.5. The first-order valence-electron chi connectivity index (χ1n) is 8.30. The minimum atomic E-state index is -0.692. The summed E-state index contributed by atoms with van der Waals surface area (Å²) in [7, 11) is 0. The maximum atomic E-state index is 11.9. The second-order valence-electron chi connectivity index (χ2n) is 5.68. The summed E-state index contributed by atoms with van der Waals surface area (Å²) < 4.78 is 15.3. The van der Waals surface area contributed by atoms with E-state index in [1.807, 2.05) is 24.5 Å². The van der Waals surface area contributed by atoms with Gasteiger partial charge in [-0.2, -0.15) is 0 Å². The van der Waals surface area contributed by atoms with Crippen molar-refractivity contribution in [3.05, 3.63) is 65.0 Å². The zero-order valence-electron chi connectivity index (χ0n) is 15.0. The van der Waals surface area contributed by atoms with Crippen LogP contribution in [-0.4, -0.2) is 31.3 Å². The predicted octanol–water partition coefficient (Wildman–Crippen LogP) is 3.08. The number of fused-ring (bicyclic) bond motifs is 1. The average Bonchev–Trinajstić information content (AvgIpc) is 2.70. The molecular weight excluding hydrogens is 382 g/mol. The number of thioether (sulfide) groups is 1. The van der Waals surface area contributed by atoms with E-state index in [4.69, 9.17) is 13.9 Å². The van der Waals surface area contributed by atoms with Crippen molar-refractivity contribution in [1.29, 1.82) is 0 Å². The third kappa shape index (κ3) is 5.37. The lowest BCUT2D eigenvalue weighted by Crippen LogP contribution is -2.23. The maximum Gasteiger partial charge on any atom is 0.344 e. The molecule has 1 amide bonds. The van der Waals surface area contributed by atoms with Crippen molar-refractivity contribution in [2.24, 2.45) is 0 Å². The average molecular weight is 399 g/mol. The molecule has 1 heterocycles. The molecule has 0 unspecified atom stereocenters. The standard InChI is InChI=1S/C20H17NO6S/c1-28-16-4-2-3-14(9-16)21-18(22)11-26-20(24)12-25-15-7-5-13-6-8-19(23)27-17(13)10-15/h2-10H,11-12H2,1H3,(H,21,22). The molecule has 2 aromatic carbocycles. The molecule has 8 heteroatoms. The van der Waals surface area contributed by atoms with Gasteiger partial charge in [0.25, 0.3) is 5.91 Å². The number of amides is 1. The molecule has 0 fully saturated rings. The minimum absolute atomic E-state index is 0.345. The Morgan fingerprint density at radius 3 is 2.71 bits per heavy atom. The number of carbonyl (C=O) groups is 2. The Kier molecular flexibility index (Phi) is 6.33. The van der Waals surface area contributed by atoms with Crippen molar-refractivity contribution >= 4 is 40.3 Å². The number of carbonyl (C=O) groups excluding carboxylic acids is 2. The van der Waals surface area contributed by atoms with Crippen LogP contribution < -0.4 is 15.7 Å². The van der Waals surface area contributed by atoms with Crippen molar-refractivity contribution in [2.75, 3.05) is 24.8 Å². The highest BCUT2D eigenvalue weighted by Crippen LogP contribution is 2.20. The molecule has 1 N–H and O–H groups in total. The Balaban J connectivity index is 1.47. The van der Waals surface area contributed by atoms with E-state index < -0.39 is 24.1 Å². The van der Waals surface area contributed by atoms with Crippen LogP contribution in [0.1, 0.15) is 0 Å². The molecule has 3 aromatic rings. The van der Waals surface area contributed by atoms with E-state index in [-0.39, 0.29) is 6.61 Å². The molecule has 7 nitrogen and oxygen atoms in total. The van der Waals surface area contributed by atoms with Gasteiger partial charge in [-0.05, 0) is 42.7 Å². The van der Waals surface area contributed by atoms with Crippen LogP contribution in [0, 0.1) is 0 Å². The Morgan fingerprint density at radius 2 is 1.89 bits per heavy atom. The summed E-state index contributed by atoms with van der Waals surface area (Å²) in [5, 5.41) is 3.39. The highest BCUT2D eigenvalue weighted by atomic mass is 32.2. The van der Waals surface area contributed by atoms with Gasteiger partial charge in [0.1, 0.15) is 11.3 Å². The quantitative estimate of drug-likeness (QED) is 0.371. The van der Waals surface area contributed by atoms with Crippen LogP contribution in [0.3, 0.4) is 0 Å². The summed E-state index contributed by atoms with van der Waals surface area (Å²) >= 11 is 1.56. The number of benzene rings is 2. The molecule has 0 saturated heterocycles. The van der Waals surface area contributed by atoms with E-state index in [0.717, 1.165) is 10.3 Å². The monoisotopic (exact) mass is 399 g/mol. The zero-order chi connectivity index (χ0) is 19.9. The highest BCUT2D eigenvalue weighted by molar-refractivity contribution is 7.98. The summed E-state index contributed by atoms with van der Waals surface area (Å²) in [4.78, 5) is 35.9. The van der Waals surface area contributed by atoms with E-state index in [0.29, 0.717) is 17.0 Å². The Labute approximate surface area is 164 Å². The van der Waals surface area contributed by atoms with Crippen LogP contribution in [0.2, 0.25) is 0 Å². The van der Waals surface area contributed by atoms with E-state index in [9.17, 15) is 14.4 Å². The van der Waals surface area contributed by atoms with Crippen LogP contribution in [0.15, 0.2) is 68.7 Å². The third-order valence-electron chi connectivity index (χ3n) is 3.67. The van der Waals surface area contributed by atoms with Crippen molar-refractivity contribution in [1.82, 2.24) is 0 Å². The maximum absolute atomic E-state index is 11.9. The molecule has 3 rings (SSSR count). The molecule has 0 aliphatic rings. The number of ether oxygens (including phenoxy) is 2. The van der Waals surface area contributed by atoms with Gasteiger partial charge >= 0.3 is 11.6 Å². The lowest BCUT2D eigenvalue weighted by molar-refractivity contribution is -0.149. The Bertz CT molecular complexity index is 1060. The van der Waals surface area contributed by atoms with Crippen LogP contribution in [0.25, 0.3) is 11.0 Å². The molecule has 0 aliphatic carbocycles. The van der Waals surface area contributed by atoms with E-state index in [2.05, 4.69) is 5.32 Å². The third-order valence-corrected chi connectivity index (χ3v) is 4.39. The topological polar surface area (TPSA) is 94.8 Å². The minimum Gasteiger partial charge on any atom is -0.482 e. The number of hydrogen-bond donors (Lipinski definition) is 1. The fourth-order valence-corrected chi connectivity index (χ4v) is 2.82. The Morgan fingerprint density at radius 1 is 1.07 bits per heavy atom. The fraction of sp³-hybridized carbons (Fsp3) is 0.150. The molecule has 144 valence electrons. The number of anilines is 1. The Hall–Kier alpha value is -3.26. The van der Waals surface area contributed by atoms with Gasteiger partial charge in [0.05, 0.1) is 0 Å². The smallest absolute Gasteiger partial charge is 0.344 e. The molecule has 0 atom stereocenters. The van der Waals surface area contributed by atoms with Gasteiger partial charge < -0.3 is 19.2 Å². The van der Waals surface area contributed by atoms with Gasteiger partial charge in [-0.3, -0.25) is 4.79 Å². The van der Waals surface area contributed by atoms with Gasteiger partial charge in [0.15, 0.2) is 13.2 Å². The van der Waals surface area contributed by atoms with Crippen LogP contribution in [0.5, 0.6) is 5.75 Å². The highest BCUT2D eigenvalue weighted by Gasteiger charge is 2.10. The van der Waals surface area contributed by atoms with Crippen LogP contribution in [0.4, 0.5) is 5.69 Å². The summed E-state index contributed by atoms with van der Waals surface area (Å²) in [6.07, 6.45) is 1.94. The number of esters is 1. The van der Waals surface area contributed by atoms with E-state index >= 15 is 0 Å². The molecule has 0 spiro atoms. The second-order valence-corrected chi connectivity index (χ2v) is 6.56. The summed E-state index contributed by atoms with van der Waals surface area (Å²) in [5.74, 6) is -0.793. The molecule has 28 heavy (non-hydrogen) atoms. The van der Waals surface area contributed by atoms with E-state index in [1.54, 1.807) is 36.0 Å². The second kappa shape index (κ2) is 9.09. The zero-order valence-corrected chi connectivity index (χ0v) is 15.8. The summed E-state index contributed by atoms with van der Waals surface area (Å²) in [6.45, 7) is -0.796. The predicted molar refractivity (Wildman–Crippen MR) is 106 cm³/mol. The first kappa shape index (κ1) is 19.5. The number of rotatable bonds is 7. The lowest BCUT2D eigenvalue weighted by Gasteiger charge is -2.09. The van der Waals surface area contributed by atoms with Crippen LogP contribution in [-0.2, 0) is 14.3 Å². The first-order valence-corrected chi connectivity index (χ1v) is 9.52. The largest absolute Gasteiger partial charge is 0.482 e. The lowest BCUT2D eigenvalue weighted by atomic mass is 10.2.